The van der Waals surface area contributed by atoms with E-state index in [1.807, 2.05) is 0 Å². The van der Waals surface area contributed by atoms with Gasteiger partial charge in [0.25, 0.3) is 0 Å². The molecule has 0 bridgehead atoms. The Morgan fingerprint density at radius 2 is 0.452 bits per heavy atom. The van der Waals surface area contributed by atoms with Crippen LogP contribution in [0.5, 0.6) is 0 Å². The summed E-state index contributed by atoms with van der Waals surface area (Å²) in [6.07, 6.45) is 22.4. The fourth-order valence-electron chi connectivity index (χ4n) is 3.49. The van der Waals surface area contributed by atoms with E-state index in [9.17, 15) is 39.6 Å². The molecule has 0 rings (SSSR count). The Hall–Kier alpha value is -0.873. The molecule has 10 heteroatoms. The molecule has 0 unspecified atom stereocenters. The van der Waals surface area contributed by atoms with E-state index in [0.717, 1.165) is 77.0 Å². The van der Waals surface area contributed by atoms with Gasteiger partial charge < -0.3 is 39.6 Å². The van der Waals surface area contributed by atoms with E-state index in [1.165, 1.54) is 51.4 Å². The van der Waals surface area contributed by atoms with E-state index in [4.69, 9.17) is 0 Å². The van der Waals surface area contributed by atoms with Crippen molar-refractivity contribution in [1.82, 2.24) is 0 Å². The minimum absolute atomic E-state index is 0. The van der Waals surface area contributed by atoms with Crippen LogP contribution in [0.2, 0.25) is 0 Å². The average Bonchev–Trinajstić information content (AvgIpc) is 2.89. The summed E-state index contributed by atoms with van der Waals surface area (Å²) < 4.78 is 0. The number of carbonyl (C=O) groups excluding carboxylic acids is 4. The molecule has 0 N–H and O–H groups in total. The largest absolute Gasteiger partial charge is 3.00 e. The van der Waals surface area contributed by atoms with E-state index >= 15 is 0 Å². The van der Waals surface area contributed by atoms with Crippen molar-refractivity contribution >= 4 is 23.9 Å². The van der Waals surface area contributed by atoms with Gasteiger partial charge in [-0.1, -0.05) is 130 Å². The molecule has 0 aliphatic carbocycles. The Morgan fingerprint density at radius 1 is 0.310 bits per heavy atom. The predicted molar refractivity (Wildman–Crippen MR) is 154 cm³/mol. The van der Waals surface area contributed by atoms with E-state index in [2.05, 4.69) is 27.7 Å². The second kappa shape index (κ2) is 49.8. The van der Waals surface area contributed by atoms with Crippen molar-refractivity contribution in [2.45, 2.75) is 182 Å². The van der Waals surface area contributed by atoms with Crippen molar-refractivity contribution in [2.75, 3.05) is 0 Å². The van der Waals surface area contributed by atoms with Crippen molar-refractivity contribution < 1.29 is 78.6 Å². The first-order chi connectivity index (χ1) is 19.1. The molecule has 8 nitrogen and oxygen atoms in total. The Morgan fingerprint density at radius 3 is 0.571 bits per heavy atom. The van der Waals surface area contributed by atoms with Gasteiger partial charge in [-0.15, -0.1) is 0 Å². The van der Waals surface area contributed by atoms with Crippen molar-refractivity contribution in [3.8, 4) is 0 Å². The number of hydrogen-bond donors (Lipinski definition) is 0. The SMILES string of the molecule is CCCCCCCC(=O)[O-].CCCCCCCC(=O)[O-].CCCCCCCC(=O)[O-].CCCCCCCC(=O)[O-].[Rh+3].[Rh+3]. The molecular formula is C32H60O8Rh2+2. The minimum atomic E-state index is -0.920. The Kier molecular flexibility index (Phi) is 63.6. The van der Waals surface area contributed by atoms with Crippen LogP contribution in [0.3, 0.4) is 0 Å². The molecule has 0 aliphatic rings. The summed E-state index contributed by atoms with van der Waals surface area (Å²) in [6, 6.07) is 0. The zero-order chi connectivity index (χ0) is 31.3. The number of rotatable bonds is 24. The van der Waals surface area contributed by atoms with Gasteiger partial charge in [0.2, 0.25) is 0 Å². The molecule has 0 aliphatic heterocycles. The van der Waals surface area contributed by atoms with Crippen LogP contribution < -0.4 is 20.4 Å². The number of hydrogen-bond acceptors (Lipinski definition) is 8. The first-order valence-corrected chi connectivity index (χ1v) is 15.9. The van der Waals surface area contributed by atoms with Crippen molar-refractivity contribution in [1.29, 1.82) is 0 Å². The predicted octanol–water partition coefficient (Wildman–Crippen LogP) is 4.38. The third-order valence-corrected chi connectivity index (χ3v) is 5.94. The number of carbonyl (C=O) groups is 4. The molecule has 0 saturated carbocycles. The molecule has 42 heavy (non-hydrogen) atoms. The number of carboxylic acids is 4. The first kappa shape index (κ1) is 53.7. The summed E-state index contributed by atoms with van der Waals surface area (Å²) in [5.74, 6) is -3.68. The molecule has 252 valence electrons. The van der Waals surface area contributed by atoms with E-state index in [0.29, 0.717) is 0 Å². The Labute approximate surface area is 283 Å². The quantitative estimate of drug-likeness (QED) is 0.103. The maximum Gasteiger partial charge on any atom is 3.00 e. The summed E-state index contributed by atoms with van der Waals surface area (Å²) in [4.78, 5) is 39.7. The molecule has 0 amide bonds. The van der Waals surface area contributed by atoms with Gasteiger partial charge in [0.15, 0.2) is 0 Å². The number of unbranched alkanes of at least 4 members (excludes halogenated alkanes) is 16. The third-order valence-electron chi connectivity index (χ3n) is 5.94. The van der Waals surface area contributed by atoms with Crippen molar-refractivity contribution in [3.63, 3.8) is 0 Å². The topological polar surface area (TPSA) is 161 Å². The molecule has 0 heterocycles. The van der Waals surface area contributed by atoms with Crippen LogP contribution in [0.25, 0.3) is 0 Å². The van der Waals surface area contributed by atoms with Crippen molar-refractivity contribution in [2.24, 2.45) is 0 Å². The van der Waals surface area contributed by atoms with Gasteiger partial charge in [0, 0.05) is 23.9 Å². The number of carboxylic acid groups (broad SMARTS) is 4. The summed E-state index contributed by atoms with van der Waals surface area (Å²) in [6.45, 7) is 8.55. The fourth-order valence-corrected chi connectivity index (χ4v) is 3.49. The molecule has 0 spiro atoms. The van der Waals surface area contributed by atoms with E-state index in [-0.39, 0.29) is 64.6 Å². The molecular weight excluding hydrogens is 718 g/mol. The molecule has 0 fully saturated rings. The second-order valence-electron chi connectivity index (χ2n) is 10.1. The van der Waals surface area contributed by atoms with Crippen LogP contribution in [0.15, 0.2) is 0 Å². The van der Waals surface area contributed by atoms with Crippen molar-refractivity contribution in [3.05, 3.63) is 0 Å². The Balaban J connectivity index is -0.000000101. The maximum absolute atomic E-state index is 9.92. The molecule has 0 atom stereocenters. The van der Waals surface area contributed by atoms with Gasteiger partial charge in [0.05, 0.1) is 0 Å². The summed E-state index contributed by atoms with van der Waals surface area (Å²) in [5.41, 5.74) is 0. The average molecular weight is 779 g/mol. The maximum atomic E-state index is 9.92. The second-order valence-corrected chi connectivity index (χ2v) is 10.1. The third kappa shape index (κ3) is 77.3. The van der Waals surface area contributed by atoms with Crippen LogP contribution in [0, 0.1) is 0 Å². The normalized spacial score (nSPS) is 9.24. The van der Waals surface area contributed by atoms with Gasteiger partial charge in [-0.3, -0.25) is 0 Å². The van der Waals surface area contributed by atoms with E-state index < -0.39 is 23.9 Å². The van der Waals surface area contributed by atoms with E-state index in [1.54, 1.807) is 0 Å². The number of aliphatic carboxylic acids is 4. The Bertz CT molecular complexity index is 465. The van der Waals surface area contributed by atoms with Gasteiger partial charge in [-0.05, 0) is 51.4 Å². The molecule has 0 aromatic carbocycles. The molecule has 0 saturated heterocycles. The van der Waals surface area contributed by atoms with Gasteiger partial charge in [-0.2, -0.15) is 0 Å². The first-order valence-electron chi connectivity index (χ1n) is 15.9. The van der Waals surface area contributed by atoms with Crippen LogP contribution in [0.1, 0.15) is 182 Å². The monoisotopic (exact) mass is 778 g/mol. The minimum Gasteiger partial charge on any atom is -0.550 e. The molecule has 0 radical (unpaired) electrons. The molecule has 0 aromatic heterocycles. The van der Waals surface area contributed by atoms with Crippen LogP contribution in [-0.2, 0) is 58.1 Å². The fraction of sp³-hybridized carbons (Fsp3) is 0.875. The summed E-state index contributed by atoms with van der Waals surface area (Å²) in [5, 5.41) is 39.7. The smallest absolute Gasteiger partial charge is 0.550 e. The zero-order valence-corrected chi connectivity index (χ0v) is 30.2. The van der Waals surface area contributed by atoms with Gasteiger partial charge in [-0.25, -0.2) is 0 Å². The zero-order valence-electron chi connectivity index (χ0n) is 26.9. The molecule has 0 aromatic rings. The summed E-state index contributed by atoms with van der Waals surface area (Å²) in [7, 11) is 0. The van der Waals surface area contributed by atoms with Crippen LogP contribution in [-0.4, -0.2) is 23.9 Å². The van der Waals surface area contributed by atoms with Crippen LogP contribution in [0.4, 0.5) is 0 Å². The van der Waals surface area contributed by atoms with Gasteiger partial charge in [0.1, 0.15) is 0 Å². The summed E-state index contributed by atoms with van der Waals surface area (Å²) >= 11 is 0. The van der Waals surface area contributed by atoms with Crippen LogP contribution >= 0.6 is 0 Å². The van der Waals surface area contributed by atoms with Gasteiger partial charge >= 0.3 is 39.0 Å². The standard InChI is InChI=1S/4C8H16O2.2Rh/c4*1-2-3-4-5-6-7-8(9)10;;/h4*2-7H2,1H3,(H,9,10);;/q;;;;2*+3/p-4.